The van der Waals surface area contributed by atoms with E-state index in [9.17, 15) is 14.9 Å². The second-order valence-corrected chi connectivity index (χ2v) is 7.94. The third-order valence-electron chi connectivity index (χ3n) is 4.60. The van der Waals surface area contributed by atoms with Gasteiger partial charge >= 0.3 is 5.69 Å². The summed E-state index contributed by atoms with van der Waals surface area (Å²) < 4.78 is 4.99. The van der Waals surface area contributed by atoms with E-state index in [0.717, 1.165) is 12.0 Å². The quantitative estimate of drug-likeness (QED) is 0.612. The molecule has 1 heterocycles. The van der Waals surface area contributed by atoms with Crippen LogP contribution in [0.4, 0.5) is 5.69 Å². The molecule has 2 N–H and O–H groups in total. The molecule has 0 radical (unpaired) electrons. The van der Waals surface area contributed by atoms with E-state index >= 15 is 0 Å². The third-order valence-corrected chi connectivity index (χ3v) is 5.59. The zero-order chi connectivity index (χ0) is 18.6. The van der Waals surface area contributed by atoms with Crippen LogP contribution in [0.3, 0.4) is 0 Å². The van der Waals surface area contributed by atoms with Crippen LogP contribution in [0.2, 0.25) is 0 Å². The number of nitrogens with two attached hydrogens (primary N) is 1. The van der Waals surface area contributed by atoms with E-state index in [4.69, 9.17) is 10.5 Å². The molecular weight excluding hydrogens is 342 g/mol. The molecule has 2 rings (SSSR count). The van der Waals surface area contributed by atoms with Crippen molar-refractivity contribution in [1.29, 1.82) is 0 Å². The minimum Gasteiger partial charge on any atom is -0.490 e. The van der Waals surface area contributed by atoms with Gasteiger partial charge in [-0.2, -0.15) is 0 Å². The molecule has 1 aromatic rings. The van der Waals surface area contributed by atoms with E-state index in [-0.39, 0.29) is 28.8 Å². The van der Waals surface area contributed by atoms with Crippen molar-refractivity contribution in [3.05, 3.63) is 33.9 Å². The smallest absolute Gasteiger partial charge is 0.311 e. The summed E-state index contributed by atoms with van der Waals surface area (Å²) in [5.41, 5.74) is 6.77. The van der Waals surface area contributed by atoms with E-state index in [1.807, 2.05) is 4.90 Å². The van der Waals surface area contributed by atoms with Gasteiger partial charge < -0.3 is 15.4 Å². The Kier molecular flexibility index (Phi) is 6.29. The number of likely N-dealkylation sites (tertiary alicyclic amines) is 1. The molecule has 1 unspecified atom stereocenters. The van der Waals surface area contributed by atoms with E-state index in [0.29, 0.717) is 24.6 Å². The number of rotatable bonds is 6. The van der Waals surface area contributed by atoms with E-state index in [2.05, 4.69) is 13.8 Å². The lowest BCUT2D eigenvalue weighted by Crippen LogP contribution is -2.54. The fourth-order valence-electron chi connectivity index (χ4n) is 2.90. The highest BCUT2D eigenvalue weighted by molar-refractivity contribution is 7.99. The summed E-state index contributed by atoms with van der Waals surface area (Å²) in [6, 6.07) is 4.99. The maximum absolute atomic E-state index is 12.4. The average molecular weight is 367 g/mol. The number of hydrogen-bond donors (Lipinski definition) is 1. The number of nitrogens with zero attached hydrogens (tertiary/aromatic N) is 2. The van der Waals surface area contributed by atoms with Crippen molar-refractivity contribution in [3.63, 3.8) is 0 Å². The minimum atomic E-state index is -0.461. The molecular formula is C17H25N3O4S. The van der Waals surface area contributed by atoms with Gasteiger partial charge in [-0.3, -0.25) is 14.9 Å². The fraction of sp³-hybridized carbons (Fsp3) is 0.588. The maximum atomic E-state index is 12.4. The largest absolute Gasteiger partial charge is 0.490 e. The molecule has 1 aliphatic heterocycles. The number of methoxy groups -OCH3 is 1. The van der Waals surface area contributed by atoms with Gasteiger partial charge in [-0.05, 0) is 23.5 Å². The first kappa shape index (κ1) is 19.5. The van der Waals surface area contributed by atoms with Crippen LogP contribution >= 0.6 is 11.8 Å². The van der Waals surface area contributed by atoms with Gasteiger partial charge in [-0.25, -0.2) is 0 Å². The van der Waals surface area contributed by atoms with Crippen LogP contribution in [0.15, 0.2) is 18.2 Å². The Morgan fingerprint density at radius 2 is 2.24 bits per heavy atom. The van der Waals surface area contributed by atoms with E-state index < -0.39 is 4.92 Å². The standard InChI is InChI=1S/C17H25N3O4S/c1-17(2)11-19(7-6-15(17)18)16(21)10-25-9-12-4-5-14(24-3)13(8-12)20(22)23/h4-5,8,15H,6-7,9-11,18H2,1-3H3. The summed E-state index contributed by atoms with van der Waals surface area (Å²) in [6.45, 7) is 5.53. The molecule has 1 fully saturated rings. The molecule has 0 aromatic heterocycles. The topological polar surface area (TPSA) is 98.7 Å². The van der Waals surface area contributed by atoms with Gasteiger partial charge in [0.1, 0.15) is 0 Å². The Morgan fingerprint density at radius 1 is 1.52 bits per heavy atom. The Balaban J connectivity index is 1.89. The van der Waals surface area contributed by atoms with Crippen LogP contribution < -0.4 is 10.5 Å². The van der Waals surface area contributed by atoms with Crippen molar-refractivity contribution in [2.24, 2.45) is 11.1 Å². The highest BCUT2D eigenvalue weighted by Crippen LogP contribution is 2.30. The van der Waals surface area contributed by atoms with Crippen molar-refractivity contribution in [1.82, 2.24) is 4.90 Å². The first-order valence-corrected chi connectivity index (χ1v) is 9.32. The number of benzene rings is 1. The van der Waals surface area contributed by atoms with Gasteiger partial charge in [0.15, 0.2) is 5.75 Å². The van der Waals surface area contributed by atoms with E-state index in [1.165, 1.54) is 24.9 Å². The van der Waals surface area contributed by atoms with Crippen LogP contribution in [0.25, 0.3) is 0 Å². The molecule has 0 saturated carbocycles. The molecule has 0 bridgehead atoms. The summed E-state index contributed by atoms with van der Waals surface area (Å²) in [4.78, 5) is 24.9. The molecule has 1 saturated heterocycles. The minimum absolute atomic E-state index is 0.0568. The zero-order valence-corrected chi connectivity index (χ0v) is 15.7. The van der Waals surface area contributed by atoms with Crippen molar-refractivity contribution < 1.29 is 14.5 Å². The summed E-state index contributed by atoms with van der Waals surface area (Å²) >= 11 is 1.46. The monoisotopic (exact) mass is 367 g/mol. The van der Waals surface area contributed by atoms with Crippen LogP contribution in [-0.4, -0.2) is 47.7 Å². The average Bonchev–Trinajstić information content (AvgIpc) is 2.56. The second-order valence-electron chi connectivity index (χ2n) is 6.96. The number of carbonyl (C=O) groups is 1. The molecule has 0 spiro atoms. The summed E-state index contributed by atoms with van der Waals surface area (Å²) in [5.74, 6) is 1.22. The number of nitro benzene ring substituents is 1. The molecule has 1 amide bonds. The highest BCUT2D eigenvalue weighted by Gasteiger charge is 2.35. The van der Waals surface area contributed by atoms with Crippen LogP contribution in [0, 0.1) is 15.5 Å². The molecule has 1 aliphatic rings. The number of amides is 1. The molecule has 138 valence electrons. The normalized spacial score (nSPS) is 19.5. The number of nitro groups is 1. The van der Waals surface area contributed by atoms with Gasteiger partial charge in [0.05, 0.1) is 17.8 Å². The predicted octanol–water partition coefficient (Wildman–Crippen LogP) is 2.42. The summed E-state index contributed by atoms with van der Waals surface area (Å²) in [7, 11) is 1.40. The fourth-order valence-corrected chi connectivity index (χ4v) is 3.78. The van der Waals surface area contributed by atoms with Gasteiger partial charge in [-0.15, -0.1) is 11.8 Å². The van der Waals surface area contributed by atoms with Crippen LogP contribution in [-0.2, 0) is 10.5 Å². The first-order valence-electron chi connectivity index (χ1n) is 8.17. The highest BCUT2D eigenvalue weighted by atomic mass is 32.2. The van der Waals surface area contributed by atoms with Crippen molar-refractivity contribution in [2.75, 3.05) is 26.0 Å². The summed E-state index contributed by atoms with van der Waals surface area (Å²) in [5, 5.41) is 11.1. The number of thioether (sulfide) groups is 1. The van der Waals surface area contributed by atoms with Gasteiger partial charge in [-0.1, -0.05) is 19.9 Å². The lowest BCUT2D eigenvalue weighted by Gasteiger charge is -2.42. The molecule has 1 aromatic carbocycles. The maximum Gasteiger partial charge on any atom is 0.311 e. The number of piperidine rings is 1. The Morgan fingerprint density at radius 3 is 2.84 bits per heavy atom. The van der Waals surface area contributed by atoms with Crippen molar-refractivity contribution in [3.8, 4) is 5.75 Å². The third kappa shape index (κ3) is 4.85. The predicted molar refractivity (Wildman–Crippen MR) is 98.8 cm³/mol. The number of hydrogen-bond acceptors (Lipinski definition) is 6. The molecule has 7 nitrogen and oxygen atoms in total. The SMILES string of the molecule is COc1ccc(CSCC(=O)N2CCC(N)C(C)(C)C2)cc1[N+](=O)[O-]. The van der Waals surface area contributed by atoms with Crippen LogP contribution in [0.5, 0.6) is 5.75 Å². The Labute approximate surface area is 152 Å². The van der Waals surface area contributed by atoms with E-state index in [1.54, 1.807) is 12.1 Å². The molecule has 25 heavy (non-hydrogen) atoms. The Hall–Kier alpha value is -1.80. The van der Waals surface area contributed by atoms with Gasteiger partial charge in [0, 0.05) is 31.0 Å². The lowest BCUT2D eigenvalue weighted by molar-refractivity contribution is -0.385. The summed E-state index contributed by atoms with van der Waals surface area (Å²) in [6.07, 6.45) is 0.814. The molecule has 1 atom stereocenters. The number of carbonyl (C=O) groups excluding carboxylic acids is 1. The molecule has 0 aliphatic carbocycles. The van der Waals surface area contributed by atoms with Gasteiger partial charge in [0.25, 0.3) is 0 Å². The first-order chi connectivity index (χ1) is 11.7. The van der Waals surface area contributed by atoms with Crippen LogP contribution in [0.1, 0.15) is 25.8 Å². The van der Waals surface area contributed by atoms with Crippen molar-refractivity contribution >= 4 is 23.4 Å². The second kappa shape index (κ2) is 8.05. The lowest BCUT2D eigenvalue weighted by atomic mass is 9.80. The number of ether oxygens (including phenoxy) is 1. The Bertz CT molecular complexity index is 651. The van der Waals surface area contributed by atoms with Crippen molar-refractivity contribution in [2.45, 2.75) is 32.1 Å². The van der Waals surface area contributed by atoms with Gasteiger partial charge in [0.2, 0.25) is 5.91 Å². The zero-order valence-electron chi connectivity index (χ0n) is 14.9. The molecule has 8 heteroatoms.